The number of alkyl halides is 3. The molecule has 1 saturated heterocycles. The Balaban J connectivity index is 1.90. The van der Waals surface area contributed by atoms with Gasteiger partial charge in [-0.05, 0) is 25.3 Å². The average molecular weight is 472 g/mol. The molecule has 0 bridgehead atoms. The first kappa shape index (κ1) is 24.6. The van der Waals surface area contributed by atoms with Crippen molar-refractivity contribution in [3.8, 4) is 17.1 Å². The fourth-order valence-corrected chi connectivity index (χ4v) is 3.45. The number of anilines is 1. The van der Waals surface area contributed by atoms with Crippen LogP contribution in [0.4, 0.5) is 23.4 Å². The van der Waals surface area contributed by atoms with Crippen LogP contribution < -0.4 is 9.64 Å². The molecule has 0 unspecified atom stereocenters. The molecular weight excluding hydrogens is 448 g/mol. The first-order valence-electron chi connectivity index (χ1n) is 10.4. The number of hydrogen-bond acceptors (Lipinski definition) is 7. The van der Waals surface area contributed by atoms with E-state index in [1.807, 2.05) is 0 Å². The summed E-state index contributed by atoms with van der Waals surface area (Å²) in [5, 5.41) is 9.23. The molecule has 180 valence electrons. The minimum Gasteiger partial charge on any atom is -0.481 e. The van der Waals surface area contributed by atoms with Crippen molar-refractivity contribution >= 4 is 11.8 Å². The monoisotopic (exact) mass is 472 g/mol. The molecule has 0 spiro atoms. The third kappa shape index (κ3) is 6.73. The van der Waals surface area contributed by atoms with E-state index >= 15 is 0 Å². The summed E-state index contributed by atoms with van der Waals surface area (Å²) in [4.78, 5) is 25.6. The Labute approximate surface area is 187 Å². The quantitative estimate of drug-likeness (QED) is 0.438. The van der Waals surface area contributed by atoms with Gasteiger partial charge in [-0.25, -0.2) is 14.4 Å². The lowest BCUT2D eigenvalue weighted by molar-refractivity contribution is -0.142. The predicted octanol–water partition coefficient (Wildman–Crippen LogP) is 3.50. The second-order valence-electron chi connectivity index (χ2n) is 7.60. The number of ether oxygens (including phenoxy) is 2. The second kappa shape index (κ2) is 10.7. The fourth-order valence-electron chi connectivity index (χ4n) is 3.45. The SMILES string of the molecule is COCCOc1ncc(-c2ncc(CCC(F)(F)F)nc2N2CCC(C(=O)O)CC2)cc1F. The zero-order valence-electron chi connectivity index (χ0n) is 17.9. The van der Waals surface area contributed by atoms with Gasteiger partial charge in [0.05, 0.1) is 18.2 Å². The molecule has 0 saturated carbocycles. The van der Waals surface area contributed by atoms with Gasteiger partial charge in [-0.15, -0.1) is 0 Å². The van der Waals surface area contributed by atoms with Gasteiger partial charge >= 0.3 is 12.1 Å². The van der Waals surface area contributed by atoms with Crippen LogP contribution in [-0.2, 0) is 16.0 Å². The highest BCUT2D eigenvalue weighted by Gasteiger charge is 2.29. The summed E-state index contributed by atoms with van der Waals surface area (Å²) in [6, 6.07) is 1.17. The molecule has 3 heterocycles. The number of pyridine rings is 1. The van der Waals surface area contributed by atoms with Crippen molar-refractivity contribution in [3.05, 3.63) is 30.0 Å². The number of carboxylic acid groups (broad SMARTS) is 1. The third-order valence-electron chi connectivity index (χ3n) is 5.22. The normalized spacial score (nSPS) is 15.0. The van der Waals surface area contributed by atoms with E-state index in [0.29, 0.717) is 25.9 Å². The van der Waals surface area contributed by atoms with Crippen LogP contribution in [0.3, 0.4) is 0 Å². The summed E-state index contributed by atoms with van der Waals surface area (Å²) in [7, 11) is 1.48. The topological polar surface area (TPSA) is 97.7 Å². The molecule has 12 heteroatoms. The van der Waals surface area contributed by atoms with E-state index in [0.717, 1.165) is 0 Å². The summed E-state index contributed by atoms with van der Waals surface area (Å²) in [5.41, 5.74) is 0.658. The zero-order valence-corrected chi connectivity index (χ0v) is 17.9. The van der Waals surface area contributed by atoms with E-state index in [9.17, 15) is 27.5 Å². The maximum Gasteiger partial charge on any atom is 0.389 e. The highest BCUT2D eigenvalue weighted by atomic mass is 19.4. The van der Waals surface area contributed by atoms with Crippen LogP contribution in [0.1, 0.15) is 25.0 Å². The Morgan fingerprint density at radius 3 is 2.55 bits per heavy atom. The van der Waals surface area contributed by atoms with Crippen LogP contribution in [0.5, 0.6) is 5.88 Å². The maximum absolute atomic E-state index is 14.5. The van der Waals surface area contributed by atoms with Gasteiger partial charge in [0.1, 0.15) is 12.3 Å². The van der Waals surface area contributed by atoms with Crippen molar-refractivity contribution in [2.75, 3.05) is 38.3 Å². The first-order chi connectivity index (χ1) is 15.7. The van der Waals surface area contributed by atoms with Crippen LogP contribution in [0.15, 0.2) is 18.5 Å². The molecule has 0 aliphatic carbocycles. The Morgan fingerprint density at radius 1 is 1.21 bits per heavy atom. The molecule has 1 aliphatic rings. The average Bonchev–Trinajstić information content (AvgIpc) is 2.78. The van der Waals surface area contributed by atoms with E-state index in [-0.39, 0.29) is 48.3 Å². The number of halogens is 4. The van der Waals surface area contributed by atoms with Crippen molar-refractivity contribution in [2.24, 2.45) is 5.92 Å². The number of hydrogen-bond donors (Lipinski definition) is 1. The van der Waals surface area contributed by atoms with Gasteiger partial charge in [-0.1, -0.05) is 0 Å². The maximum atomic E-state index is 14.5. The van der Waals surface area contributed by atoms with Gasteiger partial charge in [-0.3, -0.25) is 9.78 Å². The number of carbonyl (C=O) groups is 1. The molecule has 33 heavy (non-hydrogen) atoms. The summed E-state index contributed by atoms with van der Waals surface area (Å²) in [6.07, 6.45) is -2.47. The Bertz CT molecular complexity index is 966. The van der Waals surface area contributed by atoms with Crippen molar-refractivity contribution in [1.82, 2.24) is 15.0 Å². The molecule has 2 aromatic heterocycles. The summed E-state index contributed by atoms with van der Waals surface area (Å²) < 4.78 is 62.6. The summed E-state index contributed by atoms with van der Waals surface area (Å²) >= 11 is 0. The van der Waals surface area contributed by atoms with Gasteiger partial charge in [0, 0.05) is 44.6 Å². The van der Waals surface area contributed by atoms with Gasteiger partial charge in [-0.2, -0.15) is 13.2 Å². The highest BCUT2D eigenvalue weighted by molar-refractivity contribution is 5.73. The smallest absolute Gasteiger partial charge is 0.389 e. The minimum atomic E-state index is -4.34. The minimum absolute atomic E-state index is 0.108. The molecule has 0 atom stereocenters. The Kier molecular flexibility index (Phi) is 8.01. The highest BCUT2D eigenvalue weighted by Crippen LogP contribution is 2.32. The molecule has 0 aromatic carbocycles. The Morgan fingerprint density at radius 2 is 1.94 bits per heavy atom. The molecule has 0 amide bonds. The van der Waals surface area contributed by atoms with Crippen molar-refractivity contribution in [1.29, 1.82) is 0 Å². The van der Waals surface area contributed by atoms with Gasteiger partial charge in [0.25, 0.3) is 0 Å². The standard InChI is InChI=1S/C21H24F4N4O4/c1-32-8-9-33-19-16(22)10-14(11-27-19)17-18(29-6-3-13(4-7-29)20(30)31)28-15(12-26-17)2-5-21(23,24)25/h10-13H,2-9H2,1H3,(H,30,31). The van der Waals surface area contributed by atoms with E-state index < -0.39 is 30.3 Å². The lowest BCUT2D eigenvalue weighted by Gasteiger charge is -2.32. The van der Waals surface area contributed by atoms with Gasteiger partial charge < -0.3 is 19.5 Å². The molecule has 8 nitrogen and oxygen atoms in total. The van der Waals surface area contributed by atoms with Gasteiger partial charge in [0.2, 0.25) is 5.88 Å². The number of piperidine rings is 1. The lowest BCUT2D eigenvalue weighted by atomic mass is 9.97. The Hall–Kier alpha value is -3.02. The van der Waals surface area contributed by atoms with Crippen molar-refractivity contribution in [3.63, 3.8) is 0 Å². The number of rotatable bonds is 9. The number of aryl methyl sites for hydroxylation is 1. The number of aliphatic carboxylic acids is 1. The first-order valence-corrected chi connectivity index (χ1v) is 10.4. The molecule has 1 fully saturated rings. The molecule has 3 rings (SSSR count). The summed E-state index contributed by atoms with van der Waals surface area (Å²) in [5.74, 6) is -2.08. The second-order valence-corrected chi connectivity index (χ2v) is 7.60. The number of aromatic nitrogens is 3. The molecule has 0 radical (unpaired) electrons. The number of carboxylic acids is 1. The molecule has 1 aliphatic heterocycles. The lowest BCUT2D eigenvalue weighted by Crippen LogP contribution is -2.37. The van der Waals surface area contributed by atoms with Crippen molar-refractivity contribution < 1.29 is 36.9 Å². The van der Waals surface area contributed by atoms with Crippen LogP contribution in [0.2, 0.25) is 0 Å². The fraction of sp³-hybridized carbons (Fsp3) is 0.524. The zero-order chi connectivity index (χ0) is 24.0. The third-order valence-corrected chi connectivity index (χ3v) is 5.22. The predicted molar refractivity (Wildman–Crippen MR) is 110 cm³/mol. The van der Waals surface area contributed by atoms with E-state index in [2.05, 4.69) is 15.0 Å². The molecular formula is C21H24F4N4O4. The number of nitrogens with zero attached hydrogens (tertiary/aromatic N) is 4. The summed E-state index contributed by atoms with van der Waals surface area (Å²) in [6.45, 7) is 1.02. The van der Waals surface area contributed by atoms with Gasteiger partial charge in [0.15, 0.2) is 11.6 Å². The van der Waals surface area contributed by atoms with Crippen LogP contribution >= 0.6 is 0 Å². The van der Waals surface area contributed by atoms with E-state index in [1.165, 1.54) is 25.6 Å². The molecule has 1 N–H and O–H groups in total. The van der Waals surface area contributed by atoms with Crippen LogP contribution in [0, 0.1) is 11.7 Å². The van der Waals surface area contributed by atoms with Crippen molar-refractivity contribution in [2.45, 2.75) is 31.9 Å². The van der Waals surface area contributed by atoms with Crippen LogP contribution in [-0.4, -0.2) is 65.6 Å². The van der Waals surface area contributed by atoms with E-state index in [1.54, 1.807) is 4.90 Å². The van der Waals surface area contributed by atoms with Crippen LogP contribution in [0.25, 0.3) is 11.3 Å². The number of methoxy groups -OCH3 is 1. The van der Waals surface area contributed by atoms with E-state index in [4.69, 9.17) is 9.47 Å². The molecule has 2 aromatic rings. The largest absolute Gasteiger partial charge is 0.481 e.